The third-order valence-electron chi connectivity index (χ3n) is 14.1. The van der Waals surface area contributed by atoms with Gasteiger partial charge in [0.25, 0.3) is 16.2 Å². The number of hydrogen-bond donors (Lipinski definition) is 5. The fourth-order valence-electron chi connectivity index (χ4n) is 10.2. The summed E-state index contributed by atoms with van der Waals surface area (Å²) in [6.07, 6.45) is 6.38. The van der Waals surface area contributed by atoms with Crippen molar-refractivity contribution in [2.75, 3.05) is 91.9 Å². The van der Waals surface area contributed by atoms with E-state index in [4.69, 9.17) is 24.5 Å². The van der Waals surface area contributed by atoms with Gasteiger partial charge in [0.1, 0.15) is 45.2 Å². The molecule has 29 heteroatoms. The van der Waals surface area contributed by atoms with Gasteiger partial charge in [-0.3, -0.25) is 9.59 Å². The second-order valence-corrected chi connectivity index (χ2v) is 23.1. The van der Waals surface area contributed by atoms with E-state index in [1.807, 2.05) is 25.7 Å². The zero-order chi connectivity index (χ0) is 58.6. The molecule has 81 heavy (non-hydrogen) atoms. The van der Waals surface area contributed by atoms with Crippen molar-refractivity contribution < 1.29 is 51.8 Å². The molecule has 0 radical (unpaired) electrons. The lowest BCUT2D eigenvalue weighted by molar-refractivity contribution is -0.757. The largest absolute Gasteiger partial charge is 0.493 e. The van der Waals surface area contributed by atoms with Gasteiger partial charge in [-0.15, -0.1) is 10.1 Å². The summed E-state index contributed by atoms with van der Waals surface area (Å²) in [6, 6.07) is 9.10. The molecule has 27 nitrogen and oxygen atoms in total. The summed E-state index contributed by atoms with van der Waals surface area (Å²) in [5, 5.41) is 43.3. The lowest BCUT2D eigenvalue weighted by Crippen LogP contribution is -2.48. The van der Waals surface area contributed by atoms with Crippen LogP contribution in [0.4, 0.5) is 0 Å². The Morgan fingerprint density at radius 3 is 1.43 bits per heavy atom. The third kappa shape index (κ3) is 13.6. The first kappa shape index (κ1) is 61.3. The van der Waals surface area contributed by atoms with Crippen LogP contribution in [0.1, 0.15) is 75.9 Å². The van der Waals surface area contributed by atoms with Gasteiger partial charge in [0.15, 0.2) is 0 Å². The number of rotatable bonds is 24. The average Bonchev–Trinajstić information content (AvgIpc) is 3.53. The molecule has 2 saturated heterocycles. The van der Waals surface area contributed by atoms with E-state index in [1.54, 1.807) is 42.3 Å². The standard InChI is InChI=1S/C26H35N7O8S.C26H36N6O6S/c1-4-7-19-21(17-27-35)30(3)24-23(19)28-25(29-26(24)34)20-16-18(8-9-22(20)40-5-2)42(38,39)32-13-11-31(12-14-32)10-6-15-41-33(36)37;1-4-7-19-21(17-27-35)30(3)24-23(19)28-25(29-26(24)34)20-16-18(8-9-22(20)38-5-2)39(36,37)32-13-11-31(12-14-32)10-6-15-33/h8-9,16-17,35H,4-7,10-15H2,1-3H3,(H,28,29,34);8-9,16-17,33,35H,4-7,10-15H2,1-3H3,(H,28,29,34)/b2*27-17+. The molecule has 0 aliphatic carbocycles. The number of aryl methyl sites for hydroxylation is 4. The summed E-state index contributed by atoms with van der Waals surface area (Å²) in [6.45, 7) is 12.9. The molecule has 0 atom stereocenters. The molecule has 0 amide bonds. The number of aromatic nitrogens is 6. The Morgan fingerprint density at radius 1 is 0.667 bits per heavy atom. The van der Waals surface area contributed by atoms with Crippen LogP contribution < -0.4 is 20.6 Å². The number of aliphatic hydroxyl groups excluding tert-OH is 1. The van der Waals surface area contributed by atoms with Crippen molar-refractivity contribution in [1.82, 2.24) is 47.5 Å². The van der Waals surface area contributed by atoms with Gasteiger partial charge in [0, 0.05) is 97.3 Å². The molecule has 0 spiro atoms. The summed E-state index contributed by atoms with van der Waals surface area (Å²) in [5.74, 6) is 1.12. The average molecular weight is 1170 g/mol. The van der Waals surface area contributed by atoms with Crippen molar-refractivity contribution in [1.29, 1.82) is 0 Å². The molecule has 0 saturated carbocycles. The van der Waals surface area contributed by atoms with E-state index >= 15 is 0 Å². The Hall–Kier alpha value is -7.28. The second-order valence-electron chi connectivity index (χ2n) is 19.2. The number of ether oxygens (including phenoxy) is 2. The molecule has 2 fully saturated rings. The lowest BCUT2D eigenvalue weighted by Gasteiger charge is -2.34. The number of oxime groups is 2. The molecular formula is C52H71N13O14S2. The minimum atomic E-state index is -3.90. The van der Waals surface area contributed by atoms with Crippen molar-refractivity contribution in [3.05, 3.63) is 89.7 Å². The summed E-state index contributed by atoms with van der Waals surface area (Å²) in [4.78, 5) is 60.6. The van der Waals surface area contributed by atoms with Crippen molar-refractivity contribution >= 4 is 54.5 Å². The maximum Gasteiger partial charge on any atom is 0.294 e. The van der Waals surface area contributed by atoms with E-state index in [2.05, 4.69) is 30.0 Å². The molecule has 8 rings (SSSR count). The number of nitrogens with zero attached hydrogens (tertiary/aromatic N) is 11. The van der Waals surface area contributed by atoms with E-state index in [-0.39, 0.29) is 47.7 Å². The van der Waals surface area contributed by atoms with Gasteiger partial charge in [-0.05, 0) is 75.9 Å². The molecule has 5 N–H and O–H groups in total. The van der Waals surface area contributed by atoms with Crippen LogP contribution in [-0.2, 0) is 51.8 Å². The van der Waals surface area contributed by atoms with Crippen molar-refractivity contribution in [3.8, 4) is 34.3 Å². The van der Waals surface area contributed by atoms with E-state index < -0.39 is 36.3 Å². The first-order valence-electron chi connectivity index (χ1n) is 26.8. The minimum absolute atomic E-state index is 0.0123. The Balaban J connectivity index is 0.000000234. The van der Waals surface area contributed by atoms with Crippen molar-refractivity contribution in [2.45, 2.75) is 76.0 Å². The Bertz CT molecular complexity index is 3600. The number of piperazine rings is 2. The van der Waals surface area contributed by atoms with Gasteiger partial charge in [-0.1, -0.05) is 37.0 Å². The molecule has 2 aromatic carbocycles. The van der Waals surface area contributed by atoms with Gasteiger partial charge in [0.2, 0.25) is 20.0 Å². The fraction of sp³-hybridized carbons (Fsp3) is 0.500. The first-order chi connectivity index (χ1) is 38.9. The Kier molecular flexibility index (Phi) is 20.8. The zero-order valence-electron chi connectivity index (χ0n) is 46.3. The highest BCUT2D eigenvalue weighted by Crippen LogP contribution is 2.35. The van der Waals surface area contributed by atoms with Gasteiger partial charge < -0.3 is 58.7 Å². The monoisotopic (exact) mass is 1170 g/mol. The van der Waals surface area contributed by atoms with Crippen LogP contribution in [0, 0.1) is 10.1 Å². The van der Waals surface area contributed by atoms with Gasteiger partial charge in [-0.2, -0.15) is 8.61 Å². The predicted molar refractivity (Wildman–Crippen MR) is 302 cm³/mol. The first-order valence-corrected chi connectivity index (χ1v) is 29.7. The smallest absolute Gasteiger partial charge is 0.294 e. The number of hydrogen-bond acceptors (Lipinski definition) is 20. The number of H-pyrrole nitrogens is 2. The summed E-state index contributed by atoms with van der Waals surface area (Å²) < 4.78 is 72.2. The van der Waals surface area contributed by atoms with Gasteiger partial charge >= 0.3 is 0 Å². The molecule has 4 aromatic heterocycles. The van der Waals surface area contributed by atoms with Crippen LogP contribution in [-0.4, -0.2) is 189 Å². The Morgan fingerprint density at radius 2 is 1.07 bits per heavy atom. The number of benzene rings is 2. The molecule has 2 aliphatic heterocycles. The third-order valence-corrected chi connectivity index (χ3v) is 17.9. The fourth-order valence-corrected chi connectivity index (χ4v) is 13.1. The second kappa shape index (κ2) is 27.5. The lowest BCUT2D eigenvalue weighted by atomic mass is 10.1. The molecule has 6 heterocycles. The summed E-state index contributed by atoms with van der Waals surface area (Å²) in [7, 11) is -4.32. The van der Waals surface area contributed by atoms with E-state index in [0.29, 0.717) is 141 Å². The SMILES string of the molecule is CCCc1c(/C=N/O)n(C)c2c(=O)[nH]c(-c3cc(S(=O)(=O)N4CCN(CCCO)CC4)ccc3OCC)nc12.CCCc1c(/C=N/O)n(C)c2c(=O)[nH]c(-c3cc(S(=O)(=O)N4CCN(CCCO[N+](=O)[O-])CC4)ccc3OCC)nc12. The minimum Gasteiger partial charge on any atom is -0.493 e. The molecule has 440 valence electrons. The number of fused-ring (bicyclic) bond motifs is 2. The zero-order valence-corrected chi connectivity index (χ0v) is 48.0. The normalized spacial score (nSPS) is 15.2. The number of sulfonamides is 2. The van der Waals surface area contributed by atoms with Crippen LogP contribution in [0.5, 0.6) is 11.5 Å². The molecular weight excluding hydrogens is 1090 g/mol. The highest BCUT2D eigenvalue weighted by atomic mass is 32.2. The van der Waals surface area contributed by atoms with Crippen LogP contribution >= 0.6 is 0 Å². The van der Waals surface area contributed by atoms with Crippen LogP contribution in [0.2, 0.25) is 0 Å². The van der Waals surface area contributed by atoms with Crippen molar-refractivity contribution in [2.24, 2.45) is 24.4 Å². The topological polar surface area (TPSA) is 339 Å². The Labute approximate surface area is 468 Å². The predicted octanol–water partition coefficient (Wildman–Crippen LogP) is 3.77. The van der Waals surface area contributed by atoms with Crippen LogP contribution in [0.25, 0.3) is 44.8 Å². The van der Waals surface area contributed by atoms with Crippen molar-refractivity contribution in [3.63, 3.8) is 0 Å². The number of aromatic amines is 2. The molecule has 0 unspecified atom stereocenters. The maximum atomic E-state index is 13.7. The number of aliphatic hydroxyl groups is 1. The molecule has 0 bridgehead atoms. The van der Waals surface area contributed by atoms with Gasteiger partial charge in [0.05, 0.1) is 64.6 Å². The quantitative estimate of drug-likeness (QED) is 0.0189. The van der Waals surface area contributed by atoms with Crippen LogP contribution in [0.15, 0.2) is 66.1 Å². The maximum absolute atomic E-state index is 13.7. The summed E-state index contributed by atoms with van der Waals surface area (Å²) in [5.41, 5.74) is 4.02. The molecule has 6 aromatic rings. The molecule has 2 aliphatic rings. The summed E-state index contributed by atoms with van der Waals surface area (Å²) >= 11 is 0. The van der Waals surface area contributed by atoms with E-state index in [1.165, 1.54) is 45.3 Å². The number of nitrogens with one attached hydrogen (secondary N) is 2. The van der Waals surface area contributed by atoms with E-state index in [0.717, 1.165) is 30.5 Å². The highest BCUT2D eigenvalue weighted by Gasteiger charge is 2.32. The van der Waals surface area contributed by atoms with Crippen LogP contribution in [0.3, 0.4) is 0 Å². The highest BCUT2D eigenvalue weighted by molar-refractivity contribution is 7.89. The van der Waals surface area contributed by atoms with E-state index in [9.17, 15) is 47.0 Å². The van der Waals surface area contributed by atoms with Gasteiger partial charge in [-0.25, -0.2) is 26.8 Å².